The highest BCUT2D eigenvalue weighted by molar-refractivity contribution is 5.62. The molecule has 0 amide bonds. The number of nitrogens with one attached hydrogen (secondary N) is 1. The molecule has 0 radical (unpaired) electrons. The Morgan fingerprint density at radius 3 is 2.63 bits per heavy atom. The molecule has 19 heavy (non-hydrogen) atoms. The molecular weight excluding hydrogens is 240 g/mol. The Labute approximate surface area is 112 Å². The molecule has 2 rings (SSSR count). The van der Waals surface area contributed by atoms with Crippen molar-refractivity contribution >= 4 is 5.82 Å². The topological polar surface area (TPSA) is 73.1 Å². The first-order valence-electron chi connectivity index (χ1n) is 6.05. The Kier molecular flexibility index (Phi) is 4.09. The molecule has 0 spiro atoms. The van der Waals surface area contributed by atoms with Crippen LogP contribution in [0.2, 0.25) is 0 Å². The van der Waals surface area contributed by atoms with Gasteiger partial charge in [-0.15, -0.1) is 0 Å². The van der Waals surface area contributed by atoms with E-state index in [1.807, 2.05) is 19.1 Å². The highest BCUT2D eigenvalue weighted by Crippen LogP contribution is 2.22. The number of anilines is 1. The minimum Gasteiger partial charge on any atom is -0.378 e. The normalized spacial score (nSPS) is 10.5. The third-order valence-electron chi connectivity index (χ3n) is 2.84. The number of nitrogens with zero attached hydrogens (tertiary/aromatic N) is 2. The van der Waals surface area contributed by atoms with Gasteiger partial charge in [0.1, 0.15) is 5.82 Å². The van der Waals surface area contributed by atoms with Gasteiger partial charge in [0.25, 0.3) is 0 Å². The van der Waals surface area contributed by atoms with E-state index in [4.69, 9.17) is 10.6 Å². The van der Waals surface area contributed by atoms with Gasteiger partial charge in [-0.2, -0.15) is 0 Å². The van der Waals surface area contributed by atoms with Crippen LogP contribution in [0.25, 0.3) is 11.4 Å². The lowest BCUT2D eigenvalue weighted by molar-refractivity contribution is 0.181. The molecular formula is C14H18N4O. The quantitative estimate of drug-likeness (QED) is 0.649. The summed E-state index contributed by atoms with van der Waals surface area (Å²) < 4.78 is 5.11. The maximum Gasteiger partial charge on any atom is 0.162 e. The molecule has 5 heteroatoms. The summed E-state index contributed by atoms with van der Waals surface area (Å²) in [4.78, 5) is 8.89. The van der Waals surface area contributed by atoms with E-state index >= 15 is 0 Å². The monoisotopic (exact) mass is 258 g/mol. The summed E-state index contributed by atoms with van der Waals surface area (Å²) >= 11 is 0. The Morgan fingerprint density at radius 1 is 1.21 bits per heavy atom. The van der Waals surface area contributed by atoms with Crippen molar-refractivity contribution in [2.24, 2.45) is 5.84 Å². The van der Waals surface area contributed by atoms with Gasteiger partial charge in [-0.3, -0.25) is 0 Å². The molecule has 1 aromatic heterocycles. The number of rotatable bonds is 4. The zero-order chi connectivity index (χ0) is 13.8. The Morgan fingerprint density at radius 2 is 2.00 bits per heavy atom. The van der Waals surface area contributed by atoms with E-state index in [-0.39, 0.29) is 0 Å². The average Bonchev–Trinajstić information content (AvgIpc) is 2.38. The Hall–Kier alpha value is -1.98. The second-order valence-corrected chi connectivity index (χ2v) is 4.46. The standard InChI is InChI=1S/C14H18N4O/c1-9-4-5-12(10(2)6-9)14-16-11(8-19-3)7-13(17-14)18-15/h4-7H,8,15H2,1-3H3,(H,16,17,18). The van der Waals surface area contributed by atoms with Gasteiger partial charge in [-0.05, 0) is 19.4 Å². The van der Waals surface area contributed by atoms with Gasteiger partial charge in [-0.1, -0.05) is 23.8 Å². The zero-order valence-corrected chi connectivity index (χ0v) is 11.4. The van der Waals surface area contributed by atoms with E-state index in [1.54, 1.807) is 13.2 Å². The Bertz CT molecular complexity index is 584. The second-order valence-electron chi connectivity index (χ2n) is 4.46. The summed E-state index contributed by atoms with van der Waals surface area (Å²) in [5.41, 5.74) is 6.70. The van der Waals surface area contributed by atoms with Gasteiger partial charge in [0.15, 0.2) is 5.82 Å². The summed E-state index contributed by atoms with van der Waals surface area (Å²) in [7, 11) is 1.63. The minimum atomic E-state index is 0.426. The SMILES string of the molecule is COCc1cc(NN)nc(-c2ccc(C)cc2C)n1. The van der Waals surface area contributed by atoms with Crippen LogP contribution in [0.4, 0.5) is 5.82 Å². The van der Waals surface area contributed by atoms with Crippen molar-refractivity contribution < 1.29 is 4.74 Å². The third-order valence-corrected chi connectivity index (χ3v) is 2.84. The summed E-state index contributed by atoms with van der Waals surface area (Å²) in [6.45, 7) is 4.53. The number of benzene rings is 1. The first-order chi connectivity index (χ1) is 9.13. The van der Waals surface area contributed by atoms with Crippen molar-refractivity contribution in [1.82, 2.24) is 9.97 Å². The molecule has 0 bridgehead atoms. The zero-order valence-electron chi connectivity index (χ0n) is 11.4. The number of hydrogen-bond acceptors (Lipinski definition) is 5. The lowest BCUT2D eigenvalue weighted by atomic mass is 10.1. The van der Waals surface area contributed by atoms with Gasteiger partial charge in [0.05, 0.1) is 12.3 Å². The molecule has 1 heterocycles. The van der Waals surface area contributed by atoms with Crippen LogP contribution in [0.15, 0.2) is 24.3 Å². The number of hydrazine groups is 1. The molecule has 0 saturated carbocycles. The van der Waals surface area contributed by atoms with Crippen molar-refractivity contribution in [2.45, 2.75) is 20.5 Å². The number of nitrogen functional groups attached to an aromatic ring is 1. The van der Waals surface area contributed by atoms with E-state index in [9.17, 15) is 0 Å². The fourth-order valence-electron chi connectivity index (χ4n) is 1.98. The van der Waals surface area contributed by atoms with E-state index in [0.29, 0.717) is 18.2 Å². The average molecular weight is 258 g/mol. The predicted molar refractivity (Wildman–Crippen MR) is 75.5 cm³/mol. The highest BCUT2D eigenvalue weighted by atomic mass is 16.5. The lowest BCUT2D eigenvalue weighted by Crippen LogP contribution is -2.11. The van der Waals surface area contributed by atoms with E-state index in [2.05, 4.69) is 28.4 Å². The minimum absolute atomic E-state index is 0.426. The van der Waals surface area contributed by atoms with Gasteiger partial charge >= 0.3 is 0 Å². The van der Waals surface area contributed by atoms with Crippen LogP contribution in [-0.4, -0.2) is 17.1 Å². The number of nitrogens with two attached hydrogens (primary N) is 1. The van der Waals surface area contributed by atoms with Crippen LogP contribution in [0, 0.1) is 13.8 Å². The van der Waals surface area contributed by atoms with Crippen LogP contribution in [-0.2, 0) is 11.3 Å². The van der Waals surface area contributed by atoms with E-state index in [0.717, 1.165) is 16.8 Å². The Balaban J connectivity index is 2.51. The fraction of sp³-hybridized carbons (Fsp3) is 0.286. The molecule has 0 aliphatic rings. The summed E-state index contributed by atoms with van der Waals surface area (Å²) in [6.07, 6.45) is 0. The van der Waals surface area contributed by atoms with Gasteiger partial charge in [0, 0.05) is 18.7 Å². The summed E-state index contributed by atoms with van der Waals surface area (Å²) in [5, 5.41) is 0. The van der Waals surface area contributed by atoms with Crippen molar-refractivity contribution in [3.05, 3.63) is 41.1 Å². The van der Waals surface area contributed by atoms with Crippen LogP contribution in [0.3, 0.4) is 0 Å². The van der Waals surface area contributed by atoms with Gasteiger partial charge < -0.3 is 10.2 Å². The van der Waals surface area contributed by atoms with Crippen LogP contribution < -0.4 is 11.3 Å². The fourth-order valence-corrected chi connectivity index (χ4v) is 1.98. The molecule has 0 fully saturated rings. The van der Waals surface area contributed by atoms with Crippen molar-refractivity contribution in [3.8, 4) is 11.4 Å². The van der Waals surface area contributed by atoms with Crippen LogP contribution in [0.1, 0.15) is 16.8 Å². The van der Waals surface area contributed by atoms with Crippen LogP contribution in [0.5, 0.6) is 0 Å². The smallest absolute Gasteiger partial charge is 0.162 e. The molecule has 5 nitrogen and oxygen atoms in total. The molecule has 100 valence electrons. The molecule has 2 aromatic rings. The molecule has 0 aliphatic carbocycles. The number of hydrogen-bond donors (Lipinski definition) is 2. The van der Waals surface area contributed by atoms with E-state index in [1.165, 1.54) is 5.56 Å². The number of aryl methyl sites for hydroxylation is 2. The van der Waals surface area contributed by atoms with Gasteiger partial charge in [0.2, 0.25) is 0 Å². The number of aromatic nitrogens is 2. The molecule has 0 atom stereocenters. The lowest BCUT2D eigenvalue weighted by Gasteiger charge is -2.09. The third kappa shape index (κ3) is 3.07. The maximum atomic E-state index is 5.44. The van der Waals surface area contributed by atoms with Gasteiger partial charge in [-0.25, -0.2) is 15.8 Å². The summed E-state index contributed by atoms with van der Waals surface area (Å²) in [5.74, 6) is 6.68. The summed E-state index contributed by atoms with van der Waals surface area (Å²) in [6, 6.07) is 7.95. The van der Waals surface area contributed by atoms with Crippen molar-refractivity contribution in [3.63, 3.8) is 0 Å². The second kappa shape index (κ2) is 5.77. The van der Waals surface area contributed by atoms with Crippen molar-refractivity contribution in [1.29, 1.82) is 0 Å². The molecule has 0 aliphatic heterocycles. The largest absolute Gasteiger partial charge is 0.378 e. The first-order valence-corrected chi connectivity index (χ1v) is 6.05. The number of methoxy groups -OCH3 is 1. The highest BCUT2D eigenvalue weighted by Gasteiger charge is 2.09. The van der Waals surface area contributed by atoms with Crippen LogP contribution >= 0.6 is 0 Å². The number of ether oxygens (including phenoxy) is 1. The molecule has 3 N–H and O–H groups in total. The molecule has 0 unspecified atom stereocenters. The molecule has 1 aromatic carbocycles. The van der Waals surface area contributed by atoms with E-state index < -0.39 is 0 Å². The van der Waals surface area contributed by atoms with Crippen molar-refractivity contribution in [2.75, 3.05) is 12.5 Å². The first kappa shape index (κ1) is 13.5. The molecule has 0 saturated heterocycles. The predicted octanol–water partition coefficient (Wildman–Crippen LogP) is 2.19. The maximum absolute atomic E-state index is 5.44.